The number of carbonyl (C=O) groups excluding carboxylic acids is 1. The molecule has 100 valence electrons. The van der Waals surface area contributed by atoms with E-state index in [-0.39, 0.29) is 0 Å². The molecule has 0 aromatic rings. The molecule has 0 aromatic heterocycles. The maximum atomic E-state index is 13.1. The Balaban J connectivity index is 2.39. The Kier molecular flexibility index (Phi) is 4.74. The molecule has 0 bridgehead atoms. The quantitative estimate of drug-likeness (QED) is 0.799. The first-order valence-electron chi connectivity index (χ1n) is 6.10. The fraction of sp³-hybridized carbons (Fsp3) is 0.917. The molecule has 0 radical (unpaired) electrons. The lowest BCUT2D eigenvalue weighted by Gasteiger charge is -2.35. The van der Waals surface area contributed by atoms with Gasteiger partial charge in [-0.15, -0.1) is 0 Å². The van der Waals surface area contributed by atoms with Crippen molar-refractivity contribution in [1.29, 1.82) is 0 Å². The minimum atomic E-state index is -0.513. The molecule has 2 N–H and O–H groups in total. The fourth-order valence-corrected chi connectivity index (χ4v) is 1.89. The van der Waals surface area contributed by atoms with Gasteiger partial charge in [0.05, 0.1) is 6.67 Å². The number of nitrogens with one attached hydrogen (secondary N) is 2. The van der Waals surface area contributed by atoms with E-state index in [2.05, 4.69) is 10.6 Å². The van der Waals surface area contributed by atoms with Crippen LogP contribution in [0.4, 0.5) is 9.18 Å². The smallest absolute Gasteiger partial charge is 0.407 e. The average molecular weight is 246 g/mol. The van der Waals surface area contributed by atoms with Crippen molar-refractivity contribution in [1.82, 2.24) is 10.6 Å². The van der Waals surface area contributed by atoms with Crippen LogP contribution in [0.2, 0.25) is 0 Å². The number of halogens is 1. The zero-order chi connectivity index (χ0) is 12.9. The number of piperidine rings is 1. The molecule has 0 unspecified atom stereocenters. The third-order valence-corrected chi connectivity index (χ3v) is 2.95. The van der Waals surface area contributed by atoms with Gasteiger partial charge in [0.15, 0.2) is 0 Å². The number of rotatable bonds is 3. The Labute approximate surface area is 102 Å². The molecule has 0 aromatic carbocycles. The summed E-state index contributed by atoms with van der Waals surface area (Å²) in [4.78, 5) is 11.5. The summed E-state index contributed by atoms with van der Waals surface area (Å²) in [6.07, 6.45) is 1.03. The Morgan fingerprint density at radius 1 is 1.41 bits per heavy atom. The standard InChI is InChI=1S/C12H23FN2O2/c1-11(2,3)17-10(16)15-9-12(8-13)4-6-14-7-5-12/h14H,4-9H2,1-3H3,(H,15,16). The van der Waals surface area contributed by atoms with Crippen molar-refractivity contribution in [3.8, 4) is 0 Å². The van der Waals surface area contributed by atoms with Crippen LogP contribution in [0, 0.1) is 5.41 Å². The zero-order valence-electron chi connectivity index (χ0n) is 10.9. The van der Waals surface area contributed by atoms with E-state index in [1.807, 2.05) is 20.8 Å². The summed E-state index contributed by atoms with van der Waals surface area (Å²) in [6, 6.07) is 0. The molecule has 4 nitrogen and oxygen atoms in total. The van der Waals surface area contributed by atoms with Crippen LogP contribution in [0.1, 0.15) is 33.6 Å². The Morgan fingerprint density at radius 2 is 2.00 bits per heavy atom. The molecule has 0 aliphatic carbocycles. The summed E-state index contributed by atoms with van der Waals surface area (Å²) in [5.41, 5.74) is -0.927. The molecule has 0 spiro atoms. The topological polar surface area (TPSA) is 50.4 Å². The summed E-state index contributed by atoms with van der Waals surface area (Å²) in [5, 5.41) is 5.86. The van der Waals surface area contributed by atoms with E-state index in [0.717, 1.165) is 25.9 Å². The van der Waals surface area contributed by atoms with Gasteiger partial charge in [0, 0.05) is 12.0 Å². The van der Waals surface area contributed by atoms with Gasteiger partial charge in [0.1, 0.15) is 5.60 Å². The normalized spacial score (nSPS) is 19.8. The molecule has 1 heterocycles. The van der Waals surface area contributed by atoms with Gasteiger partial charge in [-0.2, -0.15) is 0 Å². The highest BCUT2D eigenvalue weighted by Crippen LogP contribution is 2.28. The van der Waals surface area contributed by atoms with Crippen molar-refractivity contribution in [2.75, 3.05) is 26.3 Å². The Bertz CT molecular complexity index is 258. The second kappa shape index (κ2) is 5.67. The lowest BCUT2D eigenvalue weighted by Crippen LogP contribution is -2.46. The maximum Gasteiger partial charge on any atom is 0.407 e. The highest BCUT2D eigenvalue weighted by Gasteiger charge is 2.33. The molecule has 1 amide bonds. The second-order valence-electron chi connectivity index (χ2n) is 5.74. The molecule has 0 saturated carbocycles. The summed E-state index contributed by atoms with van der Waals surface area (Å²) in [5.74, 6) is 0. The highest BCUT2D eigenvalue weighted by molar-refractivity contribution is 5.67. The molecule has 1 aliphatic heterocycles. The van der Waals surface area contributed by atoms with E-state index < -0.39 is 23.8 Å². The predicted molar refractivity (Wildman–Crippen MR) is 64.7 cm³/mol. The summed E-state index contributed by atoms with van der Waals surface area (Å²) in [7, 11) is 0. The van der Waals surface area contributed by atoms with Crippen molar-refractivity contribution < 1.29 is 13.9 Å². The van der Waals surface area contributed by atoms with Crippen molar-refractivity contribution in [2.45, 2.75) is 39.2 Å². The van der Waals surface area contributed by atoms with Gasteiger partial charge in [0.25, 0.3) is 0 Å². The number of alkyl halides is 1. The third kappa shape index (κ3) is 4.89. The van der Waals surface area contributed by atoms with Gasteiger partial charge in [0.2, 0.25) is 0 Å². The van der Waals surface area contributed by atoms with Crippen LogP contribution in [0.5, 0.6) is 0 Å². The molecule has 1 fully saturated rings. The van der Waals surface area contributed by atoms with Crippen molar-refractivity contribution in [3.05, 3.63) is 0 Å². The lowest BCUT2D eigenvalue weighted by molar-refractivity contribution is 0.0470. The maximum absolute atomic E-state index is 13.1. The second-order valence-corrected chi connectivity index (χ2v) is 5.74. The molecular weight excluding hydrogens is 223 g/mol. The van der Waals surface area contributed by atoms with E-state index >= 15 is 0 Å². The Hall–Kier alpha value is -0.840. The minimum absolute atomic E-state index is 0.347. The molecule has 17 heavy (non-hydrogen) atoms. The number of ether oxygens (including phenoxy) is 1. The highest BCUT2D eigenvalue weighted by atomic mass is 19.1. The number of hydrogen-bond acceptors (Lipinski definition) is 3. The zero-order valence-corrected chi connectivity index (χ0v) is 10.9. The molecule has 1 aliphatic rings. The van der Waals surface area contributed by atoms with Crippen molar-refractivity contribution >= 4 is 6.09 Å². The molecule has 1 saturated heterocycles. The van der Waals surface area contributed by atoms with Gasteiger partial charge >= 0.3 is 6.09 Å². The van der Waals surface area contributed by atoms with E-state index in [4.69, 9.17) is 4.74 Å². The predicted octanol–water partition coefficient (Wildman–Crippen LogP) is 1.85. The molecule has 0 atom stereocenters. The van der Waals surface area contributed by atoms with Crippen LogP contribution < -0.4 is 10.6 Å². The van der Waals surface area contributed by atoms with Crippen LogP contribution in [-0.2, 0) is 4.74 Å². The first-order chi connectivity index (χ1) is 7.87. The summed E-state index contributed by atoms with van der Waals surface area (Å²) >= 11 is 0. The van der Waals surface area contributed by atoms with Crippen molar-refractivity contribution in [3.63, 3.8) is 0 Å². The minimum Gasteiger partial charge on any atom is -0.444 e. The Morgan fingerprint density at radius 3 is 2.47 bits per heavy atom. The molecular formula is C12H23FN2O2. The van der Waals surface area contributed by atoms with Crippen LogP contribution >= 0.6 is 0 Å². The van der Waals surface area contributed by atoms with Gasteiger partial charge < -0.3 is 15.4 Å². The van der Waals surface area contributed by atoms with Gasteiger partial charge in [-0.1, -0.05) is 0 Å². The first kappa shape index (κ1) is 14.2. The van der Waals surface area contributed by atoms with Crippen molar-refractivity contribution in [2.24, 2.45) is 5.41 Å². The van der Waals surface area contributed by atoms with E-state index in [1.54, 1.807) is 0 Å². The summed E-state index contributed by atoms with van der Waals surface area (Å²) in [6.45, 7) is 6.98. The van der Waals surface area contributed by atoms with Crippen LogP contribution in [0.25, 0.3) is 0 Å². The van der Waals surface area contributed by atoms with E-state index in [9.17, 15) is 9.18 Å². The SMILES string of the molecule is CC(C)(C)OC(=O)NCC1(CF)CCNCC1. The number of amides is 1. The largest absolute Gasteiger partial charge is 0.444 e. The van der Waals surface area contributed by atoms with Crippen LogP contribution in [0.3, 0.4) is 0 Å². The third-order valence-electron chi connectivity index (χ3n) is 2.95. The number of carbonyl (C=O) groups is 1. The molecule has 5 heteroatoms. The van der Waals surface area contributed by atoms with Gasteiger partial charge in [-0.05, 0) is 46.7 Å². The number of hydrogen-bond donors (Lipinski definition) is 2. The monoisotopic (exact) mass is 246 g/mol. The molecule has 1 rings (SSSR count). The first-order valence-corrected chi connectivity index (χ1v) is 6.10. The van der Waals surface area contributed by atoms with Gasteiger partial charge in [-0.25, -0.2) is 4.79 Å². The lowest BCUT2D eigenvalue weighted by atomic mass is 9.80. The number of alkyl carbamates (subject to hydrolysis) is 1. The van der Waals surface area contributed by atoms with Crippen LogP contribution in [0.15, 0.2) is 0 Å². The van der Waals surface area contributed by atoms with E-state index in [1.165, 1.54) is 0 Å². The fourth-order valence-electron chi connectivity index (χ4n) is 1.89. The average Bonchev–Trinajstić information content (AvgIpc) is 2.25. The summed E-state index contributed by atoms with van der Waals surface area (Å²) < 4.78 is 18.2. The van der Waals surface area contributed by atoms with Gasteiger partial charge in [-0.3, -0.25) is 4.39 Å². The van der Waals surface area contributed by atoms with E-state index in [0.29, 0.717) is 6.54 Å². The van der Waals surface area contributed by atoms with Crippen LogP contribution in [-0.4, -0.2) is 38.0 Å².